The van der Waals surface area contributed by atoms with Gasteiger partial charge in [0.2, 0.25) is 6.79 Å². The Morgan fingerprint density at radius 1 is 0.840 bits per heavy atom. The molecule has 2 aromatic carbocycles. The van der Waals surface area contributed by atoms with Crippen molar-refractivity contribution in [3.63, 3.8) is 0 Å². The zero-order valence-electron chi connectivity index (χ0n) is 14.9. The monoisotopic (exact) mass is 346 g/mol. The Morgan fingerprint density at radius 2 is 1.48 bits per heavy atom. The van der Waals surface area contributed by atoms with Crippen molar-refractivity contribution in [1.29, 1.82) is 0 Å². The Morgan fingerprint density at radius 3 is 2.04 bits per heavy atom. The van der Waals surface area contributed by atoms with Gasteiger partial charge in [-0.25, -0.2) is 0 Å². The SMILES string of the molecule is CCOc1cc2c(cc1Cc1c(OC)cc(OC)cc1OC)OCO2. The van der Waals surface area contributed by atoms with E-state index in [0.29, 0.717) is 41.8 Å². The fraction of sp³-hybridized carbons (Fsp3) is 0.368. The summed E-state index contributed by atoms with van der Waals surface area (Å²) in [7, 11) is 4.86. The van der Waals surface area contributed by atoms with Gasteiger partial charge in [0, 0.05) is 35.7 Å². The molecular formula is C19H22O6. The molecule has 0 spiro atoms. The van der Waals surface area contributed by atoms with Crippen LogP contribution in [-0.4, -0.2) is 34.7 Å². The summed E-state index contributed by atoms with van der Waals surface area (Å²) in [5, 5.41) is 0. The van der Waals surface area contributed by atoms with Crippen molar-refractivity contribution in [1.82, 2.24) is 0 Å². The molecular weight excluding hydrogens is 324 g/mol. The summed E-state index contributed by atoms with van der Waals surface area (Å²) < 4.78 is 33.1. The fourth-order valence-corrected chi connectivity index (χ4v) is 2.84. The van der Waals surface area contributed by atoms with E-state index in [1.807, 2.05) is 31.2 Å². The summed E-state index contributed by atoms with van der Waals surface area (Å²) in [6.07, 6.45) is 0.558. The summed E-state index contributed by atoms with van der Waals surface area (Å²) in [4.78, 5) is 0. The second-order valence-corrected chi connectivity index (χ2v) is 5.43. The minimum atomic E-state index is 0.222. The van der Waals surface area contributed by atoms with Crippen molar-refractivity contribution in [3.05, 3.63) is 35.4 Å². The zero-order valence-corrected chi connectivity index (χ0v) is 14.9. The molecule has 25 heavy (non-hydrogen) atoms. The van der Waals surface area contributed by atoms with Gasteiger partial charge in [-0.15, -0.1) is 0 Å². The van der Waals surface area contributed by atoms with Crippen LogP contribution in [0.5, 0.6) is 34.5 Å². The predicted octanol–water partition coefficient (Wildman–Crippen LogP) is 3.43. The van der Waals surface area contributed by atoms with Crippen molar-refractivity contribution >= 4 is 0 Å². The summed E-state index contributed by atoms with van der Waals surface area (Å²) >= 11 is 0. The number of fused-ring (bicyclic) bond motifs is 1. The van der Waals surface area contributed by atoms with E-state index in [1.165, 1.54) is 0 Å². The van der Waals surface area contributed by atoms with Gasteiger partial charge >= 0.3 is 0 Å². The summed E-state index contributed by atoms with van der Waals surface area (Å²) in [6, 6.07) is 7.48. The maximum Gasteiger partial charge on any atom is 0.231 e. The van der Waals surface area contributed by atoms with Crippen LogP contribution in [0, 0.1) is 0 Å². The lowest BCUT2D eigenvalue weighted by molar-refractivity contribution is 0.173. The third-order valence-electron chi connectivity index (χ3n) is 4.04. The number of methoxy groups -OCH3 is 3. The lowest BCUT2D eigenvalue weighted by Gasteiger charge is -2.17. The molecule has 1 aliphatic heterocycles. The molecule has 2 aromatic rings. The van der Waals surface area contributed by atoms with E-state index in [2.05, 4.69) is 0 Å². The van der Waals surface area contributed by atoms with Crippen LogP contribution in [0.3, 0.4) is 0 Å². The number of benzene rings is 2. The Bertz CT molecular complexity index is 731. The lowest BCUT2D eigenvalue weighted by atomic mass is 10.0. The molecule has 0 radical (unpaired) electrons. The smallest absolute Gasteiger partial charge is 0.231 e. The Labute approximate surface area is 147 Å². The van der Waals surface area contributed by atoms with E-state index < -0.39 is 0 Å². The Kier molecular flexibility index (Phi) is 5.07. The van der Waals surface area contributed by atoms with Gasteiger partial charge in [-0.1, -0.05) is 0 Å². The first-order valence-electron chi connectivity index (χ1n) is 8.04. The van der Waals surface area contributed by atoms with Gasteiger partial charge in [-0.2, -0.15) is 0 Å². The summed E-state index contributed by atoms with van der Waals surface area (Å²) in [6.45, 7) is 2.73. The molecule has 3 rings (SSSR count). The van der Waals surface area contributed by atoms with Crippen LogP contribution in [-0.2, 0) is 6.42 Å². The van der Waals surface area contributed by atoms with Gasteiger partial charge < -0.3 is 28.4 Å². The molecule has 6 heteroatoms. The molecule has 0 bridgehead atoms. The van der Waals surface area contributed by atoms with Crippen LogP contribution in [0.25, 0.3) is 0 Å². The summed E-state index contributed by atoms with van der Waals surface area (Å²) in [5.41, 5.74) is 1.87. The minimum Gasteiger partial charge on any atom is -0.496 e. The molecule has 0 saturated carbocycles. The second-order valence-electron chi connectivity index (χ2n) is 5.43. The van der Waals surface area contributed by atoms with E-state index in [9.17, 15) is 0 Å². The molecule has 1 heterocycles. The largest absolute Gasteiger partial charge is 0.496 e. The number of hydrogen-bond acceptors (Lipinski definition) is 6. The first kappa shape index (κ1) is 17.1. The van der Waals surface area contributed by atoms with Gasteiger partial charge in [-0.3, -0.25) is 0 Å². The highest BCUT2D eigenvalue weighted by Gasteiger charge is 2.21. The topological polar surface area (TPSA) is 55.4 Å². The van der Waals surface area contributed by atoms with Crippen LogP contribution < -0.4 is 28.4 Å². The van der Waals surface area contributed by atoms with Gasteiger partial charge in [0.1, 0.15) is 23.0 Å². The first-order valence-corrected chi connectivity index (χ1v) is 8.04. The molecule has 6 nitrogen and oxygen atoms in total. The molecule has 0 saturated heterocycles. The van der Waals surface area contributed by atoms with Crippen molar-refractivity contribution in [2.24, 2.45) is 0 Å². The van der Waals surface area contributed by atoms with E-state index >= 15 is 0 Å². The maximum absolute atomic E-state index is 5.78. The average molecular weight is 346 g/mol. The van der Waals surface area contributed by atoms with Gasteiger partial charge in [0.15, 0.2) is 11.5 Å². The van der Waals surface area contributed by atoms with Crippen LogP contribution in [0.1, 0.15) is 18.1 Å². The van der Waals surface area contributed by atoms with Crippen LogP contribution in [0.2, 0.25) is 0 Å². The van der Waals surface area contributed by atoms with E-state index in [0.717, 1.165) is 16.9 Å². The second kappa shape index (κ2) is 7.42. The Hall–Kier alpha value is -2.76. The summed E-state index contributed by atoms with van der Waals surface area (Å²) in [5.74, 6) is 4.22. The van der Waals surface area contributed by atoms with Crippen LogP contribution in [0.15, 0.2) is 24.3 Å². The van der Waals surface area contributed by atoms with Crippen molar-refractivity contribution in [3.8, 4) is 34.5 Å². The van der Waals surface area contributed by atoms with E-state index in [1.54, 1.807) is 21.3 Å². The van der Waals surface area contributed by atoms with Crippen LogP contribution in [0.4, 0.5) is 0 Å². The highest BCUT2D eigenvalue weighted by molar-refractivity contribution is 5.57. The molecule has 0 aliphatic carbocycles. The van der Waals surface area contributed by atoms with Gasteiger partial charge in [-0.05, 0) is 13.0 Å². The number of rotatable bonds is 7. The predicted molar refractivity (Wildman–Crippen MR) is 92.6 cm³/mol. The molecule has 0 fully saturated rings. The lowest BCUT2D eigenvalue weighted by Crippen LogP contribution is -2.02. The van der Waals surface area contributed by atoms with Crippen molar-refractivity contribution in [2.75, 3.05) is 34.7 Å². The zero-order chi connectivity index (χ0) is 17.8. The molecule has 0 unspecified atom stereocenters. The van der Waals surface area contributed by atoms with Crippen molar-refractivity contribution < 1.29 is 28.4 Å². The highest BCUT2D eigenvalue weighted by atomic mass is 16.7. The number of ether oxygens (including phenoxy) is 6. The number of hydrogen-bond donors (Lipinski definition) is 0. The molecule has 1 aliphatic rings. The molecule has 0 aromatic heterocycles. The fourth-order valence-electron chi connectivity index (χ4n) is 2.84. The Balaban J connectivity index is 2.05. The highest BCUT2D eigenvalue weighted by Crippen LogP contribution is 2.42. The van der Waals surface area contributed by atoms with Crippen LogP contribution >= 0.6 is 0 Å². The van der Waals surface area contributed by atoms with Gasteiger partial charge in [0.25, 0.3) is 0 Å². The third kappa shape index (κ3) is 3.38. The third-order valence-corrected chi connectivity index (χ3v) is 4.04. The minimum absolute atomic E-state index is 0.222. The average Bonchev–Trinajstić information content (AvgIpc) is 3.09. The molecule has 0 amide bonds. The quantitative estimate of drug-likeness (QED) is 0.766. The molecule has 0 N–H and O–H groups in total. The first-order chi connectivity index (χ1) is 12.2. The maximum atomic E-state index is 5.78. The normalized spacial score (nSPS) is 12.0. The van der Waals surface area contributed by atoms with E-state index in [-0.39, 0.29) is 6.79 Å². The standard InChI is InChI=1S/C19H22O6/c1-5-23-15-10-19-18(24-11-25-19)7-12(15)6-14-16(21-3)8-13(20-2)9-17(14)22-4/h7-10H,5-6,11H2,1-4H3. The molecule has 0 atom stereocenters. The van der Waals surface area contributed by atoms with Crippen molar-refractivity contribution in [2.45, 2.75) is 13.3 Å². The molecule has 134 valence electrons. The van der Waals surface area contributed by atoms with E-state index in [4.69, 9.17) is 28.4 Å². The van der Waals surface area contributed by atoms with Gasteiger partial charge in [0.05, 0.1) is 27.9 Å².